The highest BCUT2D eigenvalue weighted by Gasteiger charge is 2.13. The topological polar surface area (TPSA) is 37.8 Å². The van der Waals surface area contributed by atoms with E-state index in [0.29, 0.717) is 0 Å². The average Bonchev–Trinajstić information content (AvgIpc) is 2.42. The molecule has 1 unspecified atom stereocenters. The molecule has 0 spiro atoms. The van der Waals surface area contributed by atoms with Crippen LogP contribution in [0.25, 0.3) is 0 Å². The van der Waals surface area contributed by atoms with Gasteiger partial charge in [-0.05, 0) is 48.7 Å². The van der Waals surface area contributed by atoms with Gasteiger partial charge in [0.25, 0.3) is 0 Å². The first kappa shape index (κ1) is 14.0. The second-order valence-electron chi connectivity index (χ2n) is 4.59. The van der Waals surface area contributed by atoms with Gasteiger partial charge in [-0.25, -0.2) is 0 Å². The number of benzene rings is 1. The number of nitrogens with one attached hydrogen (secondary N) is 1. The molecule has 1 N–H and O–H groups in total. The van der Waals surface area contributed by atoms with Gasteiger partial charge in [0.1, 0.15) is 0 Å². The third kappa shape index (κ3) is 3.75. The summed E-state index contributed by atoms with van der Waals surface area (Å²) in [5.74, 6) is 0. The van der Waals surface area contributed by atoms with E-state index in [-0.39, 0.29) is 6.04 Å². The number of nitrogens with zero attached hydrogens (tertiary/aromatic N) is 2. The summed E-state index contributed by atoms with van der Waals surface area (Å²) in [7, 11) is 0. The molecule has 0 fully saturated rings. The summed E-state index contributed by atoms with van der Waals surface area (Å²) in [6, 6.07) is 8.39. The fourth-order valence-electron chi connectivity index (χ4n) is 2.10. The minimum absolute atomic E-state index is 0.209. The van der Waals surface area contributed by atoms with Crippen LogP contribution in [0.4, 0.5) is 0 Å². The largest absolute Gasteiger partial charge is 0.310 e. The lowest BCUT2D eigenvalue weighted by atomic mass is 9.99. The van der Waals surface area contributed by atoms with E-state index in [2.05, 4.69) is 34.6 Å². The summed E-state index contributed by atoms with van der Waals surface area (Å²) in [6.07, 6.45) is 4.37. The summed E-state index contributed by atoms with van der Waals surface area (Å²) in [5.41, 5.74) is 3.46. The summed E-state index contributed by atoms with van der Waals surface area (Å²) >= 11 is 6.31. The SMILES string of the molecule is CCNC(Cc1ccc(C)cc1Cl)c1ccnnc1. The Morgan fingerprint density at radius 1 is 1.26 bits per heavy atom. The summed E-state index contributed by atoms with van der Waals surface area (Å²) in [5, 5.41) is 12.1. The van der Waals surface area contributed by atoms with Gasteiger partial charge >= 0.3 is 0 Å². The van der Waals surface area contributed by atoms with Gasteiger partial charge in [-0.2, -0.15) is 10.2 Å². The molecule has 0 aliphatic heterocycles. The van der Waals surface area contributed by atoms with Crippen molar-refractivity contribution in [2.45, 2.75) is 26.3 Å². The molecule has 0 aliphatic rings. The van der Waals surface area contributed by atoms with Crippen molar-refractivity contribution in [3.8, 4) is 0 Å². The Morgan fingerprint density at radius 3 is 2.74 bits per heavy atom. The molecule has 100 valence electrons. The Balaban J connectivity index is 2.21. The molecule has 19 heavy (non-hydrogen) atoms. The Bertz CT molecular complexity index is 528. The van der Waals surface area contributed by atoms with Crippen LogP contribution in [-0.4, -0.2) is 16.7 Å². The van der Waals surface area contributed by atoms with E-state index in [9.17, 15) is 0 Å². The molecular weight excluding hydrogens is 258 g/mol. The van der Waals surface area contributed by atoms with Crippen LogP contribution in [0.2, 0.25) is 5.02 Å². The van der Waals surface area contributed by atoms with Crippen LogP contribution >= 0.6 is 11.6 Å². The molecule has 2 aromatic rings. The van der Waals surface area contributed by atoms with Gasteiger partial charge in [0, 0.05) is 17.3 Å². The fourth-order valence-corrected chi connectivity index (χ4v) is 2.41. The van der Waals surface area contributed by atoms with Gasteiger partial charge < -0.3 is 5.32 Å². The van der Waals surface area contributed by atoms with Crippen molar-refractivity contribution in [3.05, 3.63) is 58.4 Å². The minimum atomic E-state index is 0.209. The van der Waals surface area contributed by atoms with Crippen LogP contribution in [0.3, 0.4) is 0 Å². The molecule has 0 saturated heterocycles. The molecule has 1 atom stereocenters. The highest BCUT2D eigenvalue weighted by Crippen LogP contribution is 2.24. The highest BCUT2D eigenvalue weighted by molar-refractivity contribution is 6.31. The van der Waals surface area contributed by atoms with Crippen molar-refractivity contribution >= 4 is 11.6 Å². The van der Waals surface area contributed by atoms with Crippen molar-refractivity contribution in [1.29, 1.82) is 0 Å². The normalized spacial score (nSPS) is 12.4. The van der Waals surface area contributed by atoms with E-state index >= 15 is 0 Å². The zero-order valence-electron chi connectivity index (χ0n) is 11.2. The molecule has 1 aromatic heterocycles. The monoisotopic (exact) mass is 275 g/mol. The van der Waals surface area contributed by atoms with Crippen LogP contribution in [0.5, 0.6) is 0 Å². The van der Waals surface area contributed by atoms with E-state index in [1.54, 1.807) is 12.4 Å². The fraction of sp³-hybridized carbons (Fsp3) is 0.333. The average molecular weight is 276 g/mol. The van der Waals surface area contributed by atoms with E-state index in [1.807, 2.05) is 19.1 Å². The van der Waals surface area contributed by atoms with Crippen molar-refractivity contribution in [1.82, 2.24) is 15.5 Å². The minimum Gasteiger partial charge on any atom is -0.310 e. The Labute approximate surface area is 119 Å². The second-order valence-corrected chi connectivity index (χ2v) is 4.99. The summed E-state index contributed by atoms with van der Waals surface area (Å²) in [4.78, 5) is 0. The second kappa shape index (κ2) is 6.64. The van der Waals surface area contributed by atoms with E-state index in [4.69, 9.17) is 11.6 Å². The predicted octanol–water partition coefficient (Wildman–Crippen LogP) is 3.33. The standard InChI is InChI=1S/C15H18ClN3/c1-3-17-15(13-6-7-18-19-10-13)9-12-5-4-11(2)8-14(12)16/h4-8,10,15,17H,3,9H2,1-2H3. The summed E-state index contributed by atoms with van der Waals surface area (Å²) < 4.78 is 0. The van der Waals surface area contributed by atoms with Crippen LogP contribution in [0, 0.1) is 6.92 Å². The first-order valence-electron chi connectivity index (χ1n) is 6.45. The third-order valence-electron chi connectivity index (χ3n) is 3.09. The maximum atomic E-state index is 6.31. The number of aromatic nitrogens is 2. The maximum absolute atomic E-state index is 6.31. The Hall–Kier alpha value is -1.45. The van der Waals surface area contributed by atoms with Gasteiger partial charge in [-0.1, -0.05) is 30.7 Å². The third-order valence-corrected chi connectivity index (χ3v) is 3.44. The van der Waals surface area contributed by atoms with Crippen molar-refractivity contribution in [2.75, 3.05) is 6.54 Å². The smallest absolute Gasteiger partial charge is 0.0544 e. The lowest BCUT2D eigenvalue weighted by molar-refractivity contribution is 0.547. The molecule has 0 radical (unpaired) electrons. The van der Waals surface area contributed by atoms with Crippen LogP contribution in [0.15, 0.2) is 36.7 Å². The van der Waals surface area contributed by atoms with Gasteiger partial charge in [0.2, 0.25) is 0 Å². The van der Waals surface area contributed by atoms with Crippen LogP contribution < -0.4 is 5.32 Å². The first-order valence-corrected chi connectivity index (χ1v) is 6.83. The first-order chi connectivity index (χ1) is 9.20. The van der Waals surface area contributed by atoms with Gasteiger partial charge in [0.15, 0.2) is 0 Å². The Kier molecular flexibility index (Phi) is 4.88. The van der Waals surface area contributed by atoms with Crippen molar-refractivity contribution < 1.29 is 0 Å². The number of hydrogen-bond acceptors (Lipinski definition) is 3. The molecule has 1 heterocycles. The quantitative estimate of drug-likeness (QED) is 0.909. The lowest BCUT2D eigenvalue weighted by Crippen LogP contribution is -2.23. The van der Waals surface area contributed by atoms with E-state index in [0.717, 1.165) is 29.1 Å². The number of aryl methyl sites for hydroxylation is 1. The molecule has 0 bridgehead atoms. The predicted molar refractivity (Wildman–Crippen MR) is 78.3 cm³/mol. The number of likely N-dealkylation sites (N-methyl/N-ethyl adjacent to an activating group) is 1. The molecule has 0 amide bonds. The number of rotatable bonds is 5. The molecule has 1 aromatic carbocycles. The number of hydrogen-bond donors (Lipinski definition) is 1. The van der Waals surface area contributed by atoms with Crippen molar-refractivity contribution in [3.63, 3.8) is 0 Å². The molecule has 2 rings (SSSR count). The Morgan fingerprint density at radius 2 is 2.11 bits per heavy atom. The number of halogens is 1. The molecule has 4 heteroatoms. The highest BCUT2D eigenvalue weighted by atomic mass is 35.5. The van der Waals surface area contributed by atoms with Crippen molar-refractivity contribution in [2.24, 2.45) is 0 Å². The van der Waals surface area contributed by atoms with Gasteiger partial charge in [-0.3, -0.25) is 0 Å². The molecule has 0 saturated carbocycles. The molecule has 3 nitrogen and oxygen atoms in total. The zero-order valence-corrected chi connectivity index (χ0v) is 12.0. The van der Waals surface area contributed by atoms with Gasteiger partial charge in [0.05, 0.1) is 6.20 Å². The van der Waals surface area contributed by atoms with Gasteiger partial charge in [-0.15, -0.1) is 0 Å². The molecular formula is C15H18ClN3. The lowest BCUT2D eigenvalue weighted by Gasteiger charge is -2.18. The maximum Gasteiger partial charge on any atom is 0.0544 e. The summed E-state index contributed by atoms with van der Waals surface area (Å²) in [6.45, 7) is 5.04. The van der Waals surface area contributed by atoms with E-state index in [1.165, 1.54) is 5.56 Å². The zero-order chi connectivity index (χ0) is 13.7. The van der Waals surface area contributed by atoms with Crippen LogP contribution in [-0.2, 0) is 6.42 Å². The van der Waals surface area contributed by atoms with Crippen LogP contribution in [0.1, 0.15) is 29.7 Å². The molecule has 0 aliphatic carbocycles. The van der Waals surface area contributed by atoms with E-state index < -0.39 is 0 Å².